The number of aromatic nitrogens is 1. The summed E-state index contributed by atoms with van der Waals surface area (Å²) in [5.41, 5.74) is 4.88. The van der Waals surface area contributed by atoms with E-state index in [0.717, 1.165) is 12.8 Å². The molecule has 0 saturated heterocycles. The number of benzene rings is 1. The fourth-order valence-electron chi connectivity index (χ4n) is 3.10. The van der Waals surface area contributed by atoms with E-state index >= 15 is 0 Å². The van der Waals surface area contributed by atoms with E-state index in [9.17, 15) is 0 Å². The van der Waals surface area contributed by atoms with Gasteiger partial charge in [0.1, 0.15) is 0 Å². The minimum absolute atomic E-state index is 0.0572. The Morgan fingerprint density at radius 3 is 2.25 bits per heavy atom. The van der Waals surface area contributed by atoms with Crippen molar-refractivity contribution in [1.29, 1.82) is 0 Å². The van der Waals surface area contributed by atoms with Crippen LogP contribution in [0.1, 0.15) is 72.6 Å². The van der Waals surface area contributed by atoms with Crippen molar-refractivity contribution in [3.05, 3.63) is 35.5 Å². The van der Waals surface area contributed by atoms with Gasteiger partial charge in [-0.15, -0.1) is 0 Å². The van der Waals surface area contributed by atoms with Crippen molar-refractivity contribution in [2.45, 2.75) is 91.6 Å². The molecule has 156 valence electrons. The third kappa shape index (κ3) is 5.35. The first-order valence-electron chi connectivity index (χ1n) is 10.6. The zero-order valence-corrected chi connectivity index (χ0v) is 20.7. The van der Waals surface area contributed by atoms with Crippen LogP contribution in [0, 0.1) is 0 Å². The molecular formula is C24H40N2OSi. The lowest BCUT2D eigenvalue weighted by Gasteiger charge is -2.36. The van der Waals surface area contributed by atoms with E-state index in [0.29, 0.717) is 6.61 Å². The molecule has 28 heavy (non-hydrogen) atoms. The molecule has 0 unspecified atom stereocenters. The minimum Gasteiger partial charge on any atom is -0.411 e. The van der Waals surface area contributed by atoms with Crippen LogP contribution in [0.4, 0.5) is 0 Å². The second-order valence-electron chi connectivity index (χ2n) is 10.5. The Morgan fingerprint density at radius 1 is 1.07 bits per heavy atom. The van der Waals surface area contributed by atoms with Gasteiger partial charge in [-0.1, -0.05) is 40.2 Å². The smallest absolute Gasteiger partial charge is 0.192 e. The molecule has 3 nitrogen and oxygen atoms in total. The van der Waals surface area contributed by atoms with Gasteiger partial charge in [-0.25, -0.2) is 0 Å². The Bertz CT molecular complexity index is 848. The summed E-state index contributed by atoms with van der Waals surface area (Å²) < 4.78 is 8.74. The number of hydrogen-bond acceptors (Lipinski definition) is 2. The van der Waals surface area contributed by atoms with Crippen LogP contribution in [-0.4, -0.2) is 24.1 Å². The largest absolute Gasteiger partial charge is 0.411 e. The molecule has 0 fully saturated rings. The monoisotopic (exact) mass is 400 g/mol. The first-order chi connectivity index (χ1) is 12.7. The molecule has 1 aromatic carbocycles. The van der Waals surface area contributed by atoms with Crippen molar-refractivity contribution in [2.75, 3.05) is 0 Å². The van der Waals surface area contributed by atoms with Crippen molar-refractivity contribution in [3.8, 4) is 0 Å². The van der Waals surface area contributed by atoms with Gasteiger partial charge in [0, 0.05) is 29.4 Å². The van der Waals surface area contributed by atoms with Crippen LogP contribution >= 0.6 is 0 Å². The van der Waals surface area contributed by atoms with Gasteiger partial charge < -0.3 is 8.99 Å². The summed E-state index contributed by atoms with van der Waals surface area (Å²) in [4.78, 5) is 4.99. The van der Waals surface area contributed by atoms with Gasteiger partial charge in [-0.2, -0.15) is 0 Å². The second-order valence-corrected chi connectivity index (χ2v) is 15.3. The van der Waals surface area contributed by atoms with Crippen LogP contribution < -0.4 is 0 Å². The quantitative estimate of drug-likeness (QED) is 0.375. The highest BCUT2D eigenvalue weighted by atomic mass is 28.4. The second kappa shape index (κ2) is 8.15. The molecule has 1 heterocycles. The van der Waals surface area contributed by atoms with Crippen molar-refractivity contribution in [3.63, 3.8) is 0 Å². The third-order valence-electron chi connectivity index (χ3n) is 5.82. The topological polar surface area (TPSA) is 26.5 Å². The van der Waals surface area contributed by atoms with Crippen molar-refractivity contribution < 1.29 is 4.43 Å². The Kier molecular flexibility index (Phi) is 6.67. The maximum atomic E-state index is 6.47. The lowest BCUT2D eigenvalue weighted by molar-refractivity contribution is 0.269. The number of rotatable bonds is 6. The maximum Gasteiger partial charge on any atom is 0.192 e. The highest BCUT2D eigenvalue weighted by Gasteiger charge is 2.37. The molecule has 2 aromatic rings. The van der Waals surface area contributed by atoms with Gasteiger partial charge >= 0.3 is 0 Å². The molecule has 0 aliphatic heterocycles. The van der Waals surface area contributed by atoms with Crippen molar-refractivity contribution >= 4 is 24.9 Å². The predicted molar refractivity (Wildman–Crippen MR) is 126 cm³/mol. The zero-order valence-electron chi connectivity index (χ0n) is 19.7. The summed E-state index contributed by atoms with van der Waals surface area (Å²) in [6.45, 7) is 20.9. The van der Waals surface area contributed by atoms with Crippen LogP contribution in [0.3, 0.4) is 0 Å². The molecule has 0 aliphatic carbocycles. The highest BCUT2D eigenvalue weighted by molar-refractivity contribution is 6.74. The van der Waals surface area contributed by atoms with E-state index in [2.05, 4.69) is 97.4 Å². The zero-order chi connectivity index (χ0) is 21.3. The SMILES string of the molecule is CCC/C(=N\C(C)(C)C)c1ccc2c(c1)cc(CO[Si](C)(C)C(C)(C)C)n2C. The fraction of sp³-hybridized carbons (Fsp3) is 0.625. The number of hydrogen-bond donors (Lipinski definition) is 0. The summed E-state index contributed by atoms with van der Waals surface area (Å²) in [7, 11) is 0.383. The van der Waals surface area contributed by atoms with E-state index in [1.807, 2.05) is 0 Å². The van der Waals surface area contributed by atoms with Crippen LogP contribution in [0.25, 0.3) is 10.9 Å². The standard InChI is InChI=1S/C24H40N2OSi/c1-11-12-21(25-23(2,3)4)18-13-14-22-19(15-18)16-20(26(22)8)17-27-28(9,10)24(5,6)7/h13-16H,11-12,17H2,1-10H3/b25-21+. The van der Waals surface area contributed by atoms with E-state index < -0.39 is 8.32 Å². The first kappa shape index (κ1) is 22.9. The molecule has 1 aromatic heterocycles. The molecule has 0 amide bonds. The number of nitrogens with zero attached hydrogens (tertiary/aromatic N) is 2. The number of aryl methyl sites for hydroxylation is 1. The summed E-state index contributed by atoms with van der Waals surface area (Å²) in [6, 6.07) is 9.04. The molecule has 4 heteroatoms. The van der Waals surface area contributed by atoms with Gasteiger partial charge in [-0.3, -0.25) is 4.99 Å². The van der Waals surface area contributed by atoms with Crippen LogP contribution in [0.15, 0.2) is 29.3 Å². The van der Waals surface area contributed by atoms with Gasteiger partial charge in [0.2, 0.25) is 0 Å². The van der Waals surface area contributed by atoms with Gasteiger partial charge in [0.05, 0.1) is 12.1 Å². The van der Waals surface area contributed by atoms with Gasteiger partial charge in [-0.05, 0) is 69.1 Å². The van der Waals surface area contributed by atoms with Crippen LogP contribution in [-0.2, 0) is 18.1 Å². The molecule has 0 N–H and O–H groups in total. The Hall–Kier alpha value is -1.39. The minimum atomic E-state index is -1.76. The summed E-state index contributed by atoms with van der Waals surface area (Å²) in [6.07, 6.45) is 2.12. The molecule has 0 bridgehead atoms. The molecule has 2 rings (SSSR count). The van der Waals surface area contributed by atoms with Gasteiger partial charge in [0.15, 0.2) is 8.32 Å². The van der Waals surface area contributed by atoms with Crippen molar-refractivity contribution in [1.82, 2.24) is 4.57 Å². The highest BCUT2D eigenvalue weighted by Crippen LogP contribution is 2.37. The third-order valence-corrected chi connectivity index (χ3v) is 10.3. The van der Waals surface area contributed by atoms with E-state index in [-0.39, 0.29) is 10.6 Å². The Labute approximate surface area is 173 Å². The van der Waals surface area contributed by atoms with Crippen LogP contribution in [0.5, 0.6) is 0 Å². The molecule has 0 radical (unpaired) electrons. The fourth-order valence-corrected chi connectivity index (χ4v) is 4.04. The summed E-state index contributed by atoms with van der Waals surface area (Å²) in [5.74, 6) is 0. The number of aliphatic imine (C=N–C) groups is 1. The lowest BCUT2D eigenvalue weighted by atomic mass is 10.0. The predicted octanol–water partition coefficient (Wildman–Crippen LogP) is 7.09. The normalized spacial score (nSPS) is 14.1. The Balaban J connectivity index is 2.36. The lowest BCUT2D eigenvalue weighted by Crippen LogP contribution is -2.40. The summed E-state index contributed by atoms with van der Waals surface area (Å²) >= 11 is 0. The number of fused-ring (bicyclic) bond motifs is 1. The molecule has 0 spiro atoms. The molecule has 0 atom stereocenters. The average Bonchev–Trinajstić information content (AvgIpc) is 2.86. The maximum absolute atomic E-state index is 6.47. The van der Waals surface area contributed by atoms with Crippen LogP contribution in [0.2, 0.25) is 18.1 Å². The average molecular weight is 401 g/mol. The van der Waals surface area contributed by atoms with E-state index in [1.54, 1.807) is 0 Å². The van der Waals surface area contributed by atoms with Crippen molar-refractivity contribution in [2.24, 2.45) is 12.0 Å². The summed E-state index contributed by atoms with van der Waals surface area (Å²) in [5, 5.41) is 1.50. The molecular weight excluding hydrogens is 360 g/mol. The molecule has 0 aliphatic rings. The first-order valence-corrected chi connectivity index (χ1v) is 13.5. The van der Waals surface area contributed by atoms with E-state index in [4.69, 9.17) is 9.42 Å². The molecule has 0 saturated carbocycles. The Morgan fingerprint density at radius 2 is 1.71 bits per heavy atom. The van der Waals surface area contributed by atoms with E-state index in [1.165, 1.54) is 27.9 Å². The van der Waals surface area contributed by atoms with Gasteiger partial charge in [0.25, 0.3) is 0 Å².